The molecule has 3 N–H and O–H groups in total. The first-order valence-electron chi connectivity index (χ1n) is 4.38. The number of nitrogens with one attached hydrogen (secondary N) is 1. The molecule has 0 spiro atoms. The van der Waals surface area contributed by atoms with Crippen LogP contribution in [0.15, 0.2) is 16.7 Å². The molecule has 0 saturated carbocycles. The third-order valence-corrected chi connectivity index (χ3v) is 2.15. The van der Waals surface area contributed by atoms with Crippen molar-refractivity contribution in [1.29, 1.82) is 0 Å². The fraction of sp³-hybridized carbons (Fsp3) is 0.333. The van der Waals surface area contributed by atoms with Crippen molar-refractivity contribution in [3.8, 4) is 0 Å². The smallest absolute Gasteiger partial charge is 0.339 e. The Morgan fingerprint density at radius 1 is 1.60 bits per heavy atom. The summed E-state index contributed by atoms with van der Waals surface area (Å²) in [4.78, 5) is 14.8. The molecular formula is C9H11BrN2O3. The van der Waals surface area contributed by atoms with Crippen molar-refractivity contribution in [1.82, 2.24) is 4.98 Å². The van der Waals surface area contributed by atoms with Crippen molar-refractivity contribution in [2.45, 2.75) is 6.42 Å². The Balaban J connectivity index is 2.81. The molecule has 0 aliphatic rings. The van der Waals surface area contributed by atoms with Gasteiger partial charge in [-0.05, 0) is 28.4 Å². The number of aliphatic hydroxyl groups excluding tert-OH is 1. The molecule has 82 valence electrons. The topological polar surface area (TPSA) is 82.5 Å². The van der Waals surface area contributed by atoms with Crippen LogP contribution in [0.3, 0.4) is 0 Å². The van der Waals surface area contributed by atoms with E-state index in [9.17, 15) is 4.79 Å². The monoisotopic (exact) mass is 274 g/mol. The van der Waals surface area contributed by atoms with E-state index in [1.54, 1.807) is 0 Å². The zero-order chi connectivity index (χ0) is 11.3. The summed E-state index contributed by atoms with van der Waals surface area (Å²) < 4.78 is 0.618. The summed E-state index contributed by atoms with van der Waals surface area (Å²) in [5.41, 5.74) is 0.113. The fourth-order valence-electron chi connectivity index (χ4n) is 1.03. The Bertz CT molecular complexity index is 357. The molecule has 0 radical (unpaired) electrons. The van der Waals surface area contributed by atoms with Crippen molar-refractivity contribution in [2.75, 3.05) is 18.5 Å². The van der Waals surface area contributed by atoms with Gasteiger partial charge in [0.15, 0.2) is 0 Å². The van der Waals surface area contributed by atoms with Gasteiger partial charge in [-0.2, -0.15) is 0 Å². The maximum Gasteiger partial charge on any atom is 0.339 e. The van der Waals surface area contributed by atoms with Gasteiger partial charge in [0.1, 0.15) is 11.4 Å². The van der Waals surface area contributed by atoms with Crippen LogP contribution < -0.4 is 5.32 Å². The van der Waals surface area contributed by atoms with Crippen LogP contribution in [0, 0.1) is 0 Å². The van der Waals surface area contributed by atoms with Crippen LogP contribution >= 0.6 is 15.9 Å². The van der Waals surface area contributed by atoms with Gasteiger partial charge in [-0.3, -0.25) is 0 Å². The van der Waals surface area contributed by atoms with Gasteiger partial charge in [0, 0.05) is 23.8 Å². The molecule has 0 aliphatic heterocycles. The van der Waals surface area contributed by atoms with Crippen LogP contribution in [-0.2, 0) is 0 Å². The number of halogens is 1. The number of carboxylic acids is 1. The Labute approximate surface area is 95.3 Å². The van der Waals surface area contributed by atoms with E-state index < -0.39 is 5.97 Å². The van der Waals surface area contributed by atoms with Crippen molar-refractivity contribution >= 4 is 27.7 Å². The average Bonchev–Trinajstić information content (AvgIpc) is 2.20. The second kappa shape index (κ2) is 5.67. The maximum atomic E-state index is 10.9. The van der Waals surface area contributed by atoms with Crippen LogP contribution in [0.1, 0.15) is 16.8 Å². The molecule has 15 heavy (non-hydrogen) atoms. The van der Waals surface area contributed by atoms with Crippen molar-refractivity contribution < 1.29 is 15.0 Å². The fourth-order valence-corrected chi connectivity index (χ4v) is 1.36. The number of carboxylic acid groups (broad SMARTS) is 1. The molecule has 0 amide bonds. The zero-order valence-electron chi connectivity index (χ0n) is 7.90. The van der Waals surface area contributed by atoms with Gasteiger partial charge < -0.3 is 15.5 Å². The van der Waals surface area contributed by atoms with E-state index in [0.29, 0.717) is 23.3 Å². The molecule has 0 aromatic carbocycles. The zero-order valence-corrected chi connectivity index (χ0v) is 9.49. The average molecular weight is 275 g/mol. The molecular weight excluding hydrogens is 264 g/mol. The van der Waals surface area contributed by atoms with Crippen molar-refractivity contribution in [3.63, 3.8) is 0 Å². The molecule has 0 saturated heterocycles. The van der Waals surface area contributed by atoms with Crippen LogP contribution in [-0.4, -0.2) is 34.3 Å². The lowest BCUT2D eigenvalue weighted by Crippen LogP contribution is -2.10. The molecule has 5 nitrogen and oxygen atoms in total. The van der Waals surface area contributed by atoms with Crippen LogP contribution in [0.4, 0.5) is 5.82 Å². The SMILES string of the molecule is O=C(O)c1cc(Br)cnc1NCCCO. The molecule has 1 heterocycles. The number of hydrogen-bond acceptors (Lipinski definition) is 4. The molecule has 0 bridgehead atoms. The number of anilines is 1. The largest absolute Gasteiger partial charge is 0.478 e. The van der Waals surface area contributed by atoms with Gasteiger partial charge in [0.2, 0.25) is 0 Å². The first-order chi connectivity index (χ1) is 7.15. The highest BCUT2D eigenvalue weighted by molar-refractivity contribution is 9.10. The lowest BCUT2D eigenvalue weighted by molar-refractivity contribution is 0.0697. The number of nitrogens with zero attached hydrogens (tertiary/aromatic N) is 1. The van der Waals surface area contributed by atoms with Crippen molar-refractivity contribution in [3.05, 3.63) is 22.3 Å². The summed E-state index contributed by atoms with van der Waals surface area (Å²) in [6.45, 7) is 0.553. The summed E-state index contributed by atoms with van der Waals surface area (Å²) in [5, 5.41) is 20.3. The second-order valence-corrected chi connectivity index (χ2v) is 3.77. The molecule has 0 aliphatic carbocycles. The molecule has 0 fully saturated rings. The van der Waals surface area contributed by atoms with E-state index in [4.69, 9.17) is 10.2 Å². The van der Waals surface area contributed by atoms with Gasteiger partial charge in [-0.15, -0.1) is 0 Å². The number of aromatic nitrogens is 1. The van der Waals surface area contributed by atoms with E-state index in [1.165, 1.54) is 12.3 Å². The van der Waals surface area contributed by atoms with Gasteiger partial charge in [-0.25, -0.2) is 9.78 Å². The predicted molar refractivity (Wildman–Crippen MR) is 59.1 cm³/mol. The highest BCUT2D eigenvalue weighted by Gasteiger charge is 2.11. The van der Waals surface area contributed by atoms with E-state index in [0.717, 1.165) is 0 Å². The minimum absolute atomic E-state index is 0.0614. The molecule has 0 unspecified atom stereocenters. The van der Waals surface area contributed by atoms with E-state index in [1.807, 2.05) is 0 Å². The quantitative estimate of drug-likeness (QED) is 0.706. The minimum Gasteiger partial charge on any atom is -0.478 e. The molecule has 1 rings (SSSR count). The molecule has 1 aromatic rings. The first-order valence-corrected chi connectivity index (χ1v) is 5.18. The lowest BCUT2D eigenvalue weighted by atomic mass is 10.2. The van der Waals surface area contributed by atoms with Crippen molar-refractivity contribution in [2.24, 2.45) is 0 Å². The summed E-state index contributed by atoms with van der Waals surface area (Å²) in [6.07, 6.45) is 2.07. The minimum atomic E-state index is -1.03. The second-order valence-electron chi connectivity index (χ2n) is 2.86. The van der Waals surface area contributed by atoms with E-state index in [2.05, 4.69) is 26.2 Å². The van der Waals surface area contributed by atoms with Gasteiger partial charge in [0.05, 0.1) is 0 Å². The highest BCUT2D eigenvalue weighted by Crippen LogP contribution is 2.17. The number of hydrogen-bond donors (Lipinski definition) is 3. The summed E-state index contributed by atoms with van der Waals surface area (Å²) in [7, 11) is 0. The van der Waals surface area contributed by atoms with E-state index >= 15 is 0 Å². The molecule has 1 aromatic heterocycles. The molecule has 6 heteroatoms. The third-order valence-electron chi connectivity index (χ3n) is 1.71. The number of rotatable bonds is 5. The van der Waals surface area contributed by atoms with Crippen LogP contribution in [0.25, 0.3) is 0 Å². The predicted octanol–water partition coefficient (Wildman–Crippen LogP) is 1.34. The summed E-state index contributed by atoms with van der Waals surface area (Å²) >= 11 is 3.15. The molecule has 0 atom stereocenters. The Morgan fingerprint density at radius 2 is 2.33 bits per heavy atom. The number of aromatic carboxylic acids is 1. The Kier molecular flexibility index (Phi) is 4.51. The van der Waals surface area contributed by atoms with Crippen LogP contribution in [0.5, 0.6) is 0 Å². The number of carbonyl (C=O) groups is 1. The lowest BCUT2D eigenvalue weighted by Gasteiger charge is -2.07. The van der Waals surface area contributed by atoms with Gasteiger partial charge in [0.25, 0.3) is 0 Å². The van der Waals surface area contributed by atoms with Crippen LogP contribution in [0.2, 0.25) is 0 Å². The normalized spacial score (nSPS) is 10.0. The maximum absolute atomic E-state index is 10.9. The highest BCUT2D eigenvalue weighted by atomic mass is 79.9. The van der Waals surface area contributed by atoms with E-state index in [-0.39, 0.29) is 12.2 Å². The Morgan fingerprint density at radius 3 is 2.93 bits per heavy atom. The Hall–Kier alpha value is -1.14. The van der Waals surface area contributed by atoms with Gasteiger partial charge in [-0.1, -0.05) is 0 Å². The first kappa shape index (κ1) is 11.9. The van der Waals surface area contributed by atoms with Gasteiger partial charge >= 0.3 is 5.97 Å². The number of pyridine rings is 1. The third kappa shape index (κ3) is 3.49. The number of aliphatic hydroxyl groups is 1. The summed E-state index contributed by atoms with van der Waals surface area (Å²) in [5.74, 6) is -0.713. The summed E-state index contributed by atoms with van der Waals surface area (Å²) in [6, 6.07) is 1.48. The standard InChI is InChI=1S/C9H11BrN2O3/c10-6-4-7(9(14)15)8(12-5-6)11-2-1-3-13/h4-5,13H,1-3H2,(H,11,12)(H,14,15).